The van der Waals surface area contributed by atoms with E-state index in [9.17, 15) is 14.4 Å². The van der Waals surface area contributed by atoms with E-state index in [4.69, 9.17) is 4.42 Å². The van der Waals surface area contributed by atoms with E-state index in [-0.39, 0.29) is 5.57 Å². The molecule has 0 bridgehead atoms. The predicted octanol–water partition coefficient (Wildman–Crippen LogP) is 3.31. The second-order valence-electron chi connectivity index (χ2n) is 6.30. The summed E-state index contributed by atoms with van der Waals surface area (Å²) in [4.78, 5) is 40.2. The minimum Gasteiger partial charge on any atom is -0.441 e. The van der Waals surface area contributed by atoms with Crippen molar-refractivity contribution < 1.29 is 18.8 Å². The van der Waals surface area contributed by atoms with Gasteiger partial charge in [-0.15, -0.1) is 0 Å². The summed E-state index contributed by atoms with van der Waals surface area (Å²) in [5.41, 5.74) is 0.219. The van der Waals surface area contributed by atoms with Gasteiger partial charge in [-0.05, 0) is 49.2 Å². The molecule has 2 aliphatic heterocycles. The first-order chi connectivity index (χ1) is 13.0. The smallest absolute Gasteiger partial charge is 0.335 e. The molecule has 4 amide bonds. The van der Waals surface area contributed by atoms with Gasteiger partial charge >= 0.3 is 6.03 Å². The van der Waals surface area contributed by atoms with E-state index in [0.29, 0.717) is 17.3 Å². The number of halogens is 1. The Labute approximate surface area is 163 Å². The van der Waals surface area contributed by atoms with E-state index >= 15 is 0 Å². The molecule has 2 saturated heterocycles. The summed E-state index contributed by atoms with van der Waals surface area (Å²) in [5.74, 6) is -0.327. The van der Waals surface area contributed by atoms with E-state index < -0.39 is 17.8 Å². The maximum Gasteiger partial charge on any atom is 0.335 e. The van der Waals surface area contributed by atoms with Gasteiger partial charge in [0.25, 0.3) is 11.8 Å². The Morgan fingerprint density at radius 3 is 2.41 bits per heavy atom. The highest BCUT2D eigenvalue weighted by Gasteiger charge is 2.37. The monoisotopic (exact) mass is 429 g/mol. The lowest BCUT2D eigenvalue weighted by atomic mass is 10.1. The largest absolute Gasteiger partial charge is 0.441 e. The summed E-state index contributed by atoms with van der Waals surface area (Å²) in [5, 5.41) is 2.20. The summed E-state index contributed by atoms with van der Waals surface area (Å²) >= 11 is 3.31. The molecule has 3 heterocycles. The molecular weight excluding hydrogens is 414 g/mol. The number of rotatable bonds is 3. The molecule has 0 radical (unpaired) electrons. The molecule has 27 heavy (non-hydrogen) atoms. The highest BCUT2D eigenvalue weighted by molar-refractivity contribution is 9.10. The Hall–Kier alpha value is -2.87. The third-order valence-corrected chi connectivity index (χ3v) is 5.03. The van der Waals surface area contributed by atoms with Crippen LogP contribution in [0.5, 0.6) is 0 Å². The van der Waals surface area contributed by atoms with Gasteiger partial charge in [-0.2, -0.15) is 0 Å². The Morgan fingerprint density at radius 2 is 1.70 bits per heavy atom. The molecule has 0 spiro atoms. The van der Waals surface area contributed by atoms with Gasteiger partial charge < -0.3 is 9.32 Å². The molecular formula is C19H16BrN3O4. The third kappa shape index (κ3) is 3.40. The lowest BCUT2D eigenvalue weighted by molar-refractivity contribution is -0.122. The summed E-state index contributed by atoms with van der Waals surface area (Å²) in [7, 11) is 0. The minimum absolute atomic E-state index is 0.153. The van der Waals surface area contributed by atoms with E-state index in [1.165, 1.54) is 6.08 Å². The van der Waals surface area contributed by atoms with Gasteiger partial charge in [0, 0.05) is 23.6 Å². The van der Waals surface area contributed by atoms with Crippen LogP contribution in [0.15, 0.2) is 50.9 Å². The number of benzene rings is 1. The van der Waals surface area contributed by atoms with E-state index in [2.05, 4.69) is 26.1 Å². The van der Waals surface area contributed by atoms with E-state index in [1.54, 1.807) is 30.3 Å². The first-order valence-corrected chi connectivity index (χ1v) is 9.34. The maximum atomic E-state index is 12.8. The highest BCUT2D eigenvalue weighted by Crippen LogP contribution is 2.26. The van der Waals surface area contributed by atoms with Gasteiger partial charge in [0.05, 0.1) is 5.69 Å². The highest BCUT2D eigenvalue weighted by atomic mass is 79.9. The Morgan fingerprint density at radius 1 is 1.00 bits per heavy atom. The number of nitrogens with one attached hydrogen (secondary N) is 1. The second kappa shape index (κ2) is 7.03. The van der Waals surface area contributed by atoms with Gasteiger partial charge in [0.1, 0.15) is 11.3 Å². The van der Waals surface area contributed by atoms with Crippen LogP contribution in [-0.4, -0.2) is 30.9 Å². The molecule has 1 aromatic heterocycles. The van der Waals surface area contributed by atoms with Crippen LogP contribution in [-0.2, 0) is 9.59 Å². The van der Waals surface area contributed by atoms with Crippen molar-refractivity contribution >= 4 is 51.4 Å². The number of nitrogens with zero attached hydrogens (tertiary/aromatic N) is 2. The van der Waals surface area contributed by atoms with Crippen molar-refractivity contribution in [2.24, 2.45) is 0 Å². The molecule has 0 atom stereocenters. The summed E-state index contributed by atoms with van der Waals surface area (Å²) in [6.45, 7) is 1.85. The summed E-state index contributed by atoms with van der Waals surface area (Å²) in [6.07, 6.45) is 3.60. The van der Waals surface area contributed by atoms with Crippen molar-refractivity contribution in [3.05, 3.63) is 52.2 Å². The van der Waals surface area contributed by atoms with Gasteiger partial charge in [-0.3, -0.25) is 14.9 Å². The minimum atomic E-state index is -0.776. The number of furan rings is 1. The third-order valence-electron chi connectivity index (χ3n) is 4.50. The van der Waals surface area contributed by atoms with Crippen LogP contribution in [0.25, 0.3) is 6.08 Å². The zero-order chi connectivity index (χ0) is 19.0. The van der Waals surface area contributed by atoms with Gasteiger partial charge in [0.15, 0.2) is 5.88 Å². The number of carbonyl (C=O) groups is 3. The quantitative estimate of drug-likeness (QED) is 0.597. The summed E-state index contributed by atoms with van der Waals surface area (Å²) in [6, 6.07) is 9.42. The molecule has 0 unspecified atom stereocenters. The molecule has 138 valence electrons. The van der Waals surface area contributed by atoms with Crippen LogP contribution in [0.1, 0.15) is 18.6 Å². The molecule has 1 aromatic carbocycles. The van der Waals surface area contributed by atoms with Crippen LogP contribution in [0.3, 0.4) is 0 Å². The SMILES string of the molecule is O=C1NC(=O)N(c2ccc(Br)cc2)C(=O)/C1=C/c1ccc(N2CCCC2)o1. The first kappa shape index (κ1) is 17.5. The molecule has 2 fully saturated rings. The van der Waals surface area contributed by atoms with E-state index in [0.717, 1.165) is 35.3 Å². The molecule has 0 aliphatic carbocycles. The van der Waals surface area contributed by atoms with Gasteiger partial charge in [0.2, 0.25) is 0 Å². The Kier molecular flexibility index (Phi) is 4.57. The number of anilines is 2. The topological polar surface area (TPSA) is 82.9 Å². The van der Waals surface area contributed by atoms with Crippen molar-refractivity contribution in [2.75, 3.05) is 22.9 Å². The fourth-order valence-electron chi connectivity index (χ4n) is 3.15. The molecule has 4 rings (SSSR count). The molecule has 7 nitrogen and oxygen atoms in total. The molecule has 2 aliphatic rings. The van der Waals surface area contributed by atoms with Crippen molar-refractivity contribution in [3.8, 4) is 0 Å². The number of carbonyl (C=O) groups excluding carboxylic acids is 3. The van der Waals surface area contributed by atoms with Crippen molar-refractivity contribution in [2.45, 2.75) is 12.8 Å². The van der Waals surface area contributed by atoms with Crippen LogP contribution in [0, 0.1) is 0 Å². The maximum absolute atomic E-state index is 12.8. The standard InChI is InChI=1S/C19H16BrN3O4/c20-12-3-5-13(6-4-12)23-18(25)15(17(24)21-19(23)26)11-14-7-8-16(27-14)22-9-1-2-10-22/h3-8,11H,1-2,9-10H2,(H,21,24,26)/b15-11+. The zero-order valence-electron chi connectivity index (χ0n) is 14.3. The van der Waals surface area contributed by atoms with Crippen molar-refractivity contribution in [1.29, 1.82) is 0 Å². The number of urea groups is 1. The van der Waals surface area contributed by atoms with Crippen LogP contribution >= 0.6 is 15.9 Å². The Bertz CT molecular complexity index is 942. The van der Waals surface area contributed by atoms with Crippen molar-refractivity contribution in [3.63, 3.8) is 0 Å². The van der Waals surface area contributed by atoms with Crippen LogP contribution in [0.2, 0.25) is 0 Å². The fourth-order valence-corrected chi connectivity index (χ4v) is 3.42. The van der Waals surface area contributed by atoms with Gasteiger partial charge in [-0.1, -0.05) is 15.9 Å². The molecule has 2 aromatic rings. The number of imide groups is 2. The number of hydrogen-bond acceptors (Lipinski definition) is 5. The number of amides is 4. The fraction of sp³-hybridized carbons (Fsp3) is 0.211. The second-order valence-corrected chi connectivity index (χ2v) is 7.22. The normalized spacial score (nSPS) is 19.1. The number of hydrogen-bond donors (Lipinski definition) is 1. The molecule has 8 heteroatoms. The summed E-state index contributed by atoms with van der Waals surface area (Å²) < 4.78 is 6.57. The average molecular weight is 430 g/mol. The van der Waals surface area contributed by atoms with Crippen molar-refractivity contribution in [1.82, 2.24) is 5.32 Å². The lowest BCUT2D eigenvalue weighted by Gasteiger charge is -2.26. The first-order valence-electron chi connectivity index (χ1n) is 8.55. The van der Waals surface area contributed by atoms with Crippen LogP contribution < -0.4 is 15.1 Å². The lowest BCUT2D eigenvalue weighted by Crippen LogP contribution is -2.54. The zero-order valence-corrected chi connectivity index (χ0v) is 15.9. The van der Waals surface area contributed by atoms with E-state index in [1.807, 2.05) is 6.07 Å². The predicted molar refractivity (Wildman–Crippen MR) is 103 cm³/mol. The number of barbiturate groups is 1. The molecule has 0 saturated carbocycles. The molecule has 1 N–H and O–H groups in total. The average Bonchev–Trinajstić information content (AvgIpc) is 3.31. The van der Waals surface area contributed by atoms with Gasteiger partial charge in [-0.25, -0.2) is 9.69 Å². The Balaban J connectivity index is 1.64. The van der Waals surface area contributed by atoms with Crippen LogP contribution in [0.4, 0.5) is 16.4 Å².